The van der Waals surface area contributed by atoms with Gasteiger partial charge in [-0.15, -0.1) is 24.0 Å². The Morgan fingerprint density at radius 3 is 2.58 bits per heavy atom. The first-order valence-electron chi connectivity index (χ1n) is 11.9. The molecule has 0 saturated carbocycles. The Hall–Kier alpha value is -1.65. The molecule has 182 valence electrons. The molecule has 3 heterocycles. The van der Waals surface area contributed by atoms with E-state index in [1.54, 1.807) is 0 Å². The predicted molar refractivity (Wildman–Crippen MR) is 143 cm³/mol. The zero-order valence-corrected chi connectivity index (χ0v) is 22.5. The zero-order chi connectivity index (χ0) is 22.3. The highest BCUT2D eigenvalue weighted by Gasteiger charge is 2.24. The van der Waals surface area contributed by atoms with Crippen LogP contribution in [0.15, 0.2) is 35.3 Å². The number of aryl methyl sites for hydroxylation is 1. The van der Waals surface area contributed by atoms with Gasteiger partial charge in [-0.1, -0.05) is 18.2 Å². The third-order valence-electron chi connectivity index (χ3n) is 6.61. The molecule has 8 heteroatoms. The number of hydrogen-bond acceptors (Lipinski definition) is 4. The Labute approximate surface area is 214 Å². The van der Waals surface area contributed by atoms with E-state index < -0.39 is 0 Å². The van der Waals surface area contributed by atoms with Gasteiger partial charge in [0, 0.05) is 44.5 Å². The normalized spacial score (nSPS) is 19.9. The number of para-hydroxylation sites is 1. The van der Waals surface area contributed by atoms with Gasteiger partial charge in [0.1, 0.15) is 0 Å². The fourth-order valence-electron chi connectivity index (χ4n) is 4.67. The fourth-order valence-corrected chi connectivity index (χ4v) is 4.67. The maximum Gasteiger partial charge on any atom is 0.193 e. The van der Waals surface area contributed by atoms with Crippen molar-refractivity contribution in [2.24, 2.45) is 4.99 Å². The minimum atomic E-state index is 0. The molecule has 1 aromatic heterocycles. The Kier molecular flexibility index (Phi) is 10.0. The number of piperidine rings is 1. The predicted octanol–water partition coefficient (Wildman–Crippen LogP) is 4.23. The van der Waals surface area contributed by atoms with Crippen LogP contribution in [0.1, 0.15) is 49.1 Å². The standard InChI is InChI=1S/C25H37N5O2.HI/c1-19-24(20(2)30(28-19)21-9-5-4-6-10-21)17-27-25(26-3)29-14-12-22(13-15-29)32-18-23-11-7-8-16-31-23;/h4-6,9-10,22-23H,7-8,11-18H2,1-3H3,(H,26,27);1H. The number of guanidine groups is 1. The van der Waals surface area contributed by atoms with Gasteiger partial charge in [-0.2, -0.15) is 5.10 Å². The van der Waals surface area contributed by atoms with E-state index in [2.05, 4.69) is 41.2 Å². The van der Waals surface area contributed by atoms with Crippen LogP contribution in [-0.4, -0.2) is 66.2 Å². The van der Waals surface area contributed by atoms with Gasteiger partial charge in [0.15, 0.2) is 5.96 Å². The molecule has 0 aliphatic carbocycles. The lowest BCUT2D eigenvalue weighted by Crippen LogP contribution is -2.47. The molecule has 33 heavy (non-hydrogen) atoms. The average Bonchev–Trinajstić information content (AvgIpc) is 3.13. The molecule has 0 bridgehead atoms. The number of halogens is 1. The molecule has 2 aromatic rings. The first kappa shape index (κ1) is 26.0. The molecule has 1 unspecified atom stereocenters. The molecule has 2 aliphatic rings. The molecule has 7 nitrogen and oxygen atoms in total. The van der Waals surface area contributed by atoms with Gasteiger partial charge in [0.05, 0.1) is 30.2 Å². The second kappa shape index (κ2) is 12.7. The van der Waals surface area contributed by atoms with Crippen LogP contribution >= 0.6 is 24.0 Å². The summed E-state index contributed by atoms with van der Waals surface area (Å²) < 4.78 is 14.0. The second-order valence-corrected chi connectivity index (χ2v) is 8.81. The number of aromatic nitrogens is 2. The van der Waals surface area contributed by atoms with Crippen LogP contribution in [0.2, 0.25) is 0 Å². The molecule has 4 rings (SSSR count). The van der Waals surface area contributed by atoms with E-state index in [1.165, 1.54) is 18.4 Å². The monoisotopic (exact) mass is 567 g/mol. The molecular weight excluding hydrogens is 529 g/mol. The van der Waals surface area contributed by atoms with Crippen molar-refractivity contribution in [1.82, 2.24) is 20.0 Å². The van der Waals surface area contributed by atoms with Gasteiger partial charge in [-0.25, -0.2) is 4.68 Å². The van der Waals surface area contributed by atoms with Gasteiger partial charge in [0.2, 0.25) is 0 Å². The van der Waals surface area contributed by atoms with Gasteiger partial charge in [0.25, 0.3) is 0 Å². The Morgan fingerprint density at radius 2 is 1.91 bits per heavy atom. The molecule has 0 spiro atoms. The number of nitrogens with zero attached hydrogens (tertiary/aromatic N) is 4. The minimum Gasteiger partial charge on any atom is -0.376 e. The van der Waals surface area contributed by atoms with Crippen molar-refractivity contribution in [2.75, 3.05) is 33.4 Å². The second-order valence-electron chi connectivity index (χ2n) is 8.81. The molecule has 1 atom stereocenters. The third kappa shape index (κ3) is 6.70. The first-order valence-corrected chi connectivity index (χ1v) is 11.9. The lowest BCUT2D eigenvalue weighted by Gasteiger charge is -2.35. The van der Waals surface area contributed by atoms with Gasteiger partial charge in [-0.3, -0.25) is 4.99 Å². The first-order chi connectivity index (χ1) is 15.7. The Morgan fingerprint density at radius 1 is 1.15 bits per heavy atom. The summed E-state index contributed by atoms with van der Waals surface area (Å²) in [6.07, 6.45) is 6.25. The summed E-state index contributed by atoms with van der Waals surface area (Å²) in [7, 11) is 1.86. The van der Waals surface area contributed by atoms with Crippen molar-refractivity contribution < 1.29 is 9.47 Å². The molecule has 1 aromatic carbocycles. The van der Waals surface area contributed by atoms with Crippen molar-refractivity contribution in [3.63, 3.8) is 0 Å². The zero-order valence-electron chi connectivity index (χ0n) is 20.1. The van der Waals surface area contributed by atoms with Crippen molar-refractivity contribution in [3.8, 4) is 5.69 Å². The van der Waals surface area contributed by atoms with Crippen LogP contribution in [-0.2, 0) is 16.0 Å². The number of hydrogen-bond donors (Lipinski definition) is 1. The quantitative estimate of drug-likeness (QED) is 0.322. The summed E-state index contributed by atoms with van der Waals surface area (Å²) in [4.78, 5) is 6.88. The lowest BCUT2D eigenvalue weighted by atomic mass is 10.1. The van der Waals surface area contributed by atoms with Gasteiger partial charge in [-0.05, 0) is 58.1 Å². The lowest BCUT2D eigenvalue weighted by molar-refractivity contribution is -0.0721. The van der Waals surface area contributed by atoms with E-state index in [9.17, 15) is 0 Å². The SMILES string of the molecule is CN=C(NCc1c(C)nn(-c2ccccc2)c1C)N1CCC(OCC2CCCCO2)CC1.I. The van der Waals surface area contributed by atoms with E-state index in [0.717, 1.165) is 68.6 Å². The number of benzene rings is 1. The maximum absolute atomic E-state index is 6.17. The highest BCUT2D eigenvalue weighted by molar-refractivity contribution is 14.0. The molecule has 1 N–H and O–H groups in total. The smallest absolute Gasteiger partial charge is 0.193 e. The van der Waals surface area contributed by atoms with E-state index >= 15 is 0 Å². The van der Waals surface area contributed by atoms with Gasteiger partial charge < -0.3 is 19.7 Å². The number of likely N-dealkylation sites (tertiary alicyclic amines) is 1. The molecule has 0 amide bonds. The van der Waals surface area contributed by atoms with E-state index in [-0.39, 0.29) is 24.0 Å². The average molecular weight is 568 g/mol. The highest BCUT2D eigenvalue weighted by atomic mass is 127. The summed E-state index contributed by atoms with van der Waals surface area (Å²) in [5.41, 5.74) is 4.52. The third-order valence-corrected chi connectivity index (χ3v) is 6.61. The van der Waals surface area contributed by atoms with Gasteiger partial charge >= 0.3 is 0 Å². The van der Waals surface area contributed by atoms with E-state index in [1.807, 2.05) is 29.9 Å². The van der Waals surface area contributed by atoms with E-state index in [4.69, 9.17) is 14.6 Å². The van der Waals surface area contributed by atoms with Crippen LogP contribution in [0.3, 0.4) is 0 Å². The molecular formula is C25H38IN5O2. The topological polar surface area (TPSA) is 63.9 Å². The van der Waals surface area contributed by atoms with Crippen LogP contribution < -0.4 is 5.32 Å². The van der Waals surface area contributed by atoms with Crippen molar-refractivity contribution >= 4 is 29.9 Å². The Bertz CT molecular complexity index is 888. The maximum atomic E-state index is 6.17. The van der Waals surface area contributed by atoms with Crippen LogP contribution in [0, 0.1) is 13.8 Å². The molecule has 2 saturated heterocycles. The number of nitrogens with one attached hydrogen (secondary N) is 1. The summed E-state index contributed by atoms with van der Waals surface area (Å²) in [5.74, 6) is 0.949. The molecule has 2 aliphatic heterocycles. The summed E-state index contributed by atoms with van der Waals surface area (Å²) in [6, 6.07) is 10.3. The summed E-state index contributed by atoms with van der Waals surface area (Å²) in [5, 5.41) is 8.32. The van der Waals surface area contributed by atoms with Crippen molar-refractivity contribution in [3.05, 3.63) is 47.3 Å². The van der Waals surface area contributed by atoms with Crippen molar-refractivity contribution in [1.29, 1.82) is 0 Å². The summed E-state index contributed by atoms with van der Waals surface area (Å²) in [6.45, 7) is 8.46. The van der Waals surface area contributed by atoms with Crippen LogP contribution in [0.5, 0.6) is 0 Å². The molecule has 0 radical (unpaired) electrons. The fraction of sp³-hybridized carbons (Fsp3) is 0.600. The number of rotatable bonds is 6. The van der Waals surface area contributed by atoms with Crippen LogP contribution in [0.25, 0.3) is 5.69 Å². The summed E-state index contributed by atoms with van der Waals surface area (Å²) >= 11 is 0. The number of ether oxygens (including phenoxy) is 2. The Balaban J connectivity index is 0.00000306. The highest BCUT2D eigenvalue weighted by Crippen LogP contribution is 2.20. The van der Waals surface area contributed by atoms with E-state index in [0.29, 0.717) is 18.8 Å². The van der Waals surface area contributed by atoms with Crippen LogP contribution in [0.4, 0.5) is 0 Å². The minimum absolute atomic E-state index is 0. The van der Waals surface area contributed by atoms with Crippen molar-refractivity contribution in [2.45, 2.75) is 64.7 Å². The largest absolute Gasteiger partial charge is 0.376 e. The number of aliphatic imine (C=N–C) groups is 1. The molecule has 2 fully saturated rings.